The second-order valence-electron chi connectivity index (χ2n) is 9.81. The van der Waals surface area contributed by atoms with E-state index in [1.54, 1.807) is 19.1 Å². The van der Waals surface area contributed by atoms with E-state index in [1.165, 1.54) is 48.5 Å². The van der Waals surface area contributed by atoms with Gasteiger partial charge in [-0.2, -0.15) is 26.3 Å². The number of halogens is 7. The number of carbonyl (C=O) groups is 2. The molecule has 1 aliphatic rings. The summed E-state index contributed by atoms with van der Waals surface area (Å²) in [5, 5.41) is 4.98. The molecule has 5 nitrogen and oxygen atoms in total. The molecule has 0 spiro atoms. The lowest BCUT2D eigenvalue weighted by atomic mass is 9.76. The van der Waals surface area contributed by atoms with Gasteiger partial charge in [0.25, 0.3) is 11.8 Å². The average Bonchev–Trinajstić information content (AvgIpc) is 2.91. The number of aryl methyl sites for hydroxylation is 1. The highest BCUT2D eigenvalue weighted by atomic mass is 35.5. The summed E-state index contributed by atoms with van der Waals surface area (Å²) in [5.41, 5.74) is -2.48. The zero-order valence-corrected chi connectivity index (χ0v) is 22.9. The van der Waals surface area contributed by atoms with Gasteiger partial charge in [-0.3, -0.25) is 9.59 Å². The highest BCUT2D eigenvalue weighted by Gasteiger charge is 2.60. The van der Waals surface area contributed by atoms with Crippen LogP contribution in [0.15, 0.2) is 78.4 Å². The number of anilines is 1. The molecule has 1 unspecified atom stereocenters. The lowest BCUT2D eigenvalue weighted by Gasteiger charge is -2.41. The molecule has 1 heterocycles. The van der Waals surface area contributed by atoms with Crippen LogP contribution in [0.4, 0.5) is 32.0 Å². The predicted octanol–water partition coefficient (Wildman–Crippen LogP) is 7.74. The Bertz CT molecular complexity index is 1470. The normalized spacial score (nSPS) is 17.6. The fourth-order valence-electron chi connectivity index (χ4n) is 4.57. The Morgan fingerprint density at radius 3 is 2.14 bits per heavy atom. The molecule has 1 atom stereocenters. The van der Waals surface area contributed by atoms with Crippen LogP contribution in [0.5, 0.6) is 5.75 Å². The van der Waals surface area contributed by atoms with E-state index in [1.807, 2.05) is 5.32 Å². The van der Waals surface area contributed by atoms with Crippen molar-refractivity contribution in [2.24, 2.45) is 0 Å². The van der Waals surface area contributed by atoms with Crippen molar-refractivity contribution in [3.8, 4) is 5.75 Å². The minimum atomic E-state index is -5.01. The highest BCUT2D eigenvalue weighted by Crippen LogP contribution is 2.48. The first-order valence-electron chi connectivity index (χ1n) is 12.7. The van der Waals surface area contributed by atoms with Gasteiger partial charge in [-0.1, -0.05) is 53.6 Å². The second kappa shape index (κ2) is 12.1. The van der Waals surface area contributed by atoms with Crippen molar-refractivity contribution in [3.05, 3.63) is 100 Å². The van der Waals surface area contributed by atoms with Crippen molar-refractivity contribution in [1.82, 2.24) is 5.32 Å². The van der Waals surface area contributed by atoms with Crippen LogP contribution in [-0.2, 0) is 15.1 Å². The number of benzene rings is 3. The number of hydrogen-bond acceptors (Lipinski definition) is 3. The molecule has 0 bridgehead atoms. The maximum absolute atomic E-state index is 14.9. The first kappa shape index (κ1) is 31.0. The Labute approximate surface area is 242 Å². The Hall–Kier alpha value is -3.99. The Morgan fingerprint density at radius 1 is 0.952 bits per heavy atom. The first-order valence-corrected chi connectivity index (χ1v) is 13.1. The van der Waals surface area contributed by atoms with E-state index in [0.717, 1.165) is 17.7 Å². The van der Waals surface area contributed by atoms with Crippen LogP contribution in [0, 0.1) is 6.92 Å². The standard InChI is InChI=1S/C30H25ClF6N2O3/c1-18-3-5-19(6-4-18)24-17-28(30(35,36)37,20-7-13-23(14-8-20)42-16-2-15-29(32,33)34)39-27(41)25(24)26(40)38-22-11-9-21(31)10-12-22/h3-14H,2,15-17H2,1H3,(H,38,40)(H,39,41). The topological polar surface area (TPSA) is 67.4 Å². The summed E-state index contributed by atoms with van der Waals surface area (Å²) in [6.45, 7) is 1.50. The molecule has 42 heavy (non-hydrogen) atoms. The summed E-state index contributed by atoms with van der Waals surface area (Å²) in [7, 11) is 0. The molecule has 1 aliphatic heterocycles. The fraction of sp³-hybridized carbons (Fsp3) is 0.267. The van der Waals surface area contributed by atoms with Crippen molar-refractivity contribution in [3.63, 3.8) is 0 Å². The number of nitrogens with one attached hydrogen (secondary N) is 2. The van der Waals surface area contributed by atoms with Crippen molar-refractivity contribution in [2.75, 3.05) is 11.9 Å². The maximum atomic E-state index is 14.9. The van der Waals surface area contributed by atoms with Crippen LogP contribution in [-0.4, -0.2) is 30.8 Å². The van der Waals surface area contributed by atoms with Crippen LogP contribution in [0.2, 0.25) is 5.02 Å². The van der Waals surface area contributed by atoms with Crippen molar-refractivity contribution in [1.29, 1.82) is 0 Å². The van der Waals surface area contributed by atoms with Gasteiger partial charge in [0.05, 0.1) is 6.61 Å². The van der Waals surface area contributed by atoms with Gasteiger partial charge < -0.3 is 15.4 Å². The van der Waals surface area contributed by atoms with E-state index < -0.39 is 48.1 Å². The molecular formula is C30H25ClF6N2O3. The monoisotopic (exact) mass is 610 g/mol. The molecular weight excluding hydrogens is 586 g/mol. The van der Waals surface area contributed by atoms with E-state index in [-0.39, 0.29) is 41.2 Å². The third-order valence-corrected chi connectivity index (χ3v) is 6.98. The van der Waals surface area contributed by atoms with Crippen molar-refractivity contribution < 1.29 is 40.7 Å². The van der Waals surface area contributed by atoms with Gasteiger partial charge in [0.1, 0.15) is 11.3 Å². The highest BCUT2D eigenvalue weighted by molar-refractivity contribution is 6.31. The fourth-order valence-corrected chi connectivity index (χ4v) is 4.69. The maximum Gasteiger partial charge on any atom is 0.416 e. The SMILES string of the molecule is Cc1ccc(C2=C(C(=O)Nc3ccc(Cl)cc3)C(=O)NC(c3ccc(OCCCC(F)(F)F)cc3)(C(F)(F)F)C2)cc1. The molecule has 2 N–H and O–H groups in total. The first-order chi connectivity index (χ1) is 19.7. The molecule has 3 aromatic carbocycles. The second-order valence-corrected chi connectivity index (χ2v) is 10.2. The van der Waals surface area contributed by atoms with Gasteiger partial charge in [-0.15, -0.1) is 0 Å². The minimum Gasteiger partial charge on any atom is -0.494 e. The van der Waals surface area contributed by atoms with E-state index >= 15 is 0 Å². The summed E-state index contributed by atoms with van der Waals surface area (Å²) < 4.78 is 87.1. The predicted molar refractivity (Wildman–Crippen MR) is 146 cm³/mol. The Balaban J connectivity index is 1.71. The number of amides is 2. The van der Waals surface area contributed by atoms with Gasteiger partial charge in [-0.05, 0) is 66.4 Å². The van der Waals surface area contributed by atoms with Crippen LogP contribution in [0.25, 0.3) is 5.57 Å². The molecule has 0 saturated carbocycles. The number of ether oxygens (including phenoxy) is 1. The molecule has 0 fully saturated rings. The molecule has 3 aromatic rings. The lowest BCUT2D eigenvalue weighted by Crippen LogP contribution is -2.59. The van der Waals surface area contributed by atoms with Crippen LogP contribution in [0.3, 0.4) is 0 Å². The summed E-state index contributed by atoms with van der Waals surface area (Å²) in [6, 6.07) is 17.0. The van der Waals surface area contributed by atoms with Gasteiger partial charge in [0.15, 0.2) is 5.54 Å². The molecule has 222 valence electrons. The summed E-state index contributed by atoms with van der Waals surface area (Å²) in [5.74, 6) is -2.06. The Kier molecular flexibility index (Phi) is 8.91. The van der Waals surface area contributed by atoms with E-state index in [0.29, 0.717) is 5.02 Å². The molecule has 0 saturated heterocycles. The van der Waals surface area contributed by atoms with Crippen LogP contribution in [0.1, 0.15) is 36.0 Å². The molecule has 0 aromatic heterocycles. The van der Waals surface area contributed by atoms with Crippen LogP contribution < -0.4 is 15.4 Å². The zero-order chi connectivity index (χ0) is 30.7. The van der Waals surface area contributed by atoms with E-state index in [4.69, 9.17) is 16.3 Å². The lowest BCUT2D eigenvalue weighted by molar-refractivity contribution is -0.201. The zero-order valence-electron chi connectivity index (χ0n) is 22.1. The smallest absolute Gasteiger partial charge is 0.416 e. The summed E-state index contributed by atoms with van der Waals surface area (Å²) >= 11 is 5.88. The van der Waals surface area contributed by atoms with Gasteiger partial charge >= 0.3 is 12.4 Å². The van der Waals surface area contributed by atoms with Crippen LogP contribution >= 0.6 is 11.6 Å². The number of alkyl halides is 6. The third-order valence-electron chi connectivity index (χ3n) is 6.73. The van der Waals surface area contributed by atoms with Crippen molar-refractivity contribution >= 4 is 34.7 Å². The number of rotatable bonds is 8. The molecule has 0 aliphatic carbocycles. The average molecular weight is 611 g/mol. The van der Waals surface area contributed by atoms with Gasteiger partial charge in [0, 0.05) is 23.6 Å². The molecule has 2 amide bonds. The summed E-state index contributed by atoms with van der Waals surface area (Å²) in [6.07, 6.45) is -11.5. The third kappa shape index (κ3) is 7.07. The van der Waals surface area contributed by atoms with Crippen molar-refractivity contribution in [2.45, 2.75) is 44.1 Å². The molecule has 0 radical (unpaired) electrons. The van der Waals surface area contributed by atoms with Gasteiger partial charge in [-0.25, -0.2) is 0 Å². The quantitative estimate of drug-likeness (QED) is 0.156. The number of carbonyl (C=O) groups excluding carboxylic acids is 2. The minimum absolute atomic E-state index is 0.0673. The Morgan fingerprint density at radius 2 is 1.57 bits per heavy atom. The van der Waals surface area contributed by atoms with E-state index in [2.05, 4.69) is 5.32 Å². The number of hydrogen-bond donors (Lipinski definition) is 2. The molecule has 12 heteroatoms. The largest absolute Gasteiger partial charge is 0.494 e. The molecule has 4 rings (SSSR count). The van der Waals surface area contributed by atoms with E-state index in [9.17, 15) is 35.9 Å². The summed E-state index contributed by atoms with van der Waals surface area (Å²) in [4.78, 5) is 26.7. The van der Waals surface area contributed by atoms with Gasteiger partial charge in [0.2, 0.25) is 0 Å².